The number of carbonyl (C=O) groups is 3. The van der Waals surface area contributed by atoms with Crippen LogP contribution in [0.4, 0.5) is 10.5 Å². The summed E-state index contributed by atoms with van der Waals surface area (Å²) >= 11 is 7.57. The maximum Gasteiger partial charge on any atom is 0.319 e. The lowest BCUT2D eigenvalue weighted by atomic mass is 9.46. The molecular weight excluding hydrogens is 504 g/mol. The summed E-state index contributed by atoms with van der Waals surface area (Å²) in [6.45, 7) is 7.02. The molecule has 0 aromatic heterocycles. The number of halogens is 1. The van der Waals surface area contributed by atoms with Crippen molar-refractivity contribution in [1.29, 1.82) is 0 Å². The van der Waals surface area contributed by atoms with Gasteiger partial charge in [0.1, 0.15) is 5.78 Å². The number of amides is 2. The van der Waals surface area contributed by atoms with Crippen LogP contribution in [0, 0.1) is 34.5 Å². The smallest absolute Gasteiger partial charge is 0.319 e. The molecule has 5 nitrogen and oxygen atoms in total. The van der Waals surface area contributed by atoms with Gasteiger partial charge >= 0.3 is 6.03 Å². The Labute approximate surface area is 229 Å². The number of urea groups is 1. The Morgan fingerprint density at radius 3 is 2.54 bits per heavy atom. The minimum Gasteiger partial charge on any atom is -0.337 e. The van der Waals surface area contributed by atoms with Crippen molar-refractivity contribution in [3.05, 3.63) is 35.9 Å². The van der Waals surface area contributed by atoms with Crippen molar-refractivity contribution in [2.24, 2.45) is 34.5 Å². The van der Waals surface area contributed by atoms with E-state index in [1.807, 2.05) is 30.0 Å². The van der Waals surface area contributed by atoms with Crippen LogP contribution in [0.25, 0.3) is 0 Å². The predicted octanol–water partition coefficient (Wildman–Crippen LogP) is 6.85. The molecule has 200 valence electrons. The molecule has 2 N–H and O–H groups in total. The molecule has 0 spiro atoms. The van der Waals surface area contributed by atoms with Crippen molar-refractivity contribution < 1.29 is 14.4 Å². The van der Waals surface area contributed by atoms with Gasteiger partial charge in [0.05, 0.1) is 0 Å². The van der Waals surface area contributed by atoms with Crippen molar-refractivity contribution in [1.82, 2.24) is 5.32 Å². The summed E-state index contributed by atoms with van der Waals surface area (Å²) < 4.78 is 0. The molecule has 2 amide bonds. The summed E-state index contributed by atoms with van der Waals surface area (Å²) in [7, 11) is 0. The topological polar surface area (TPSA) is 75.3 Å². The van der Waals surface area contributed by atoms with Crippen LogP contribution >= 0.6 is 23.4 Å². The number of thioether (sulfide) groups is 1. The SMILES string of the molecule is CC(=O)[C@H]1CC[C@H]2[C@@H]3[C@H](Sc4ccc(NC(=O)NCCCl)cc4)CC4=CC(=O)CC[C@]4(C)[C@H]3CC[C@]12C. The summed E-state index contributed by atoms with van der Waals surface area (Å²) in [6, 6.07) is 7.80. The molecule has 4 aliphatic rings. The van der Waals surface area contributed by atoms with Crippen molar-refractivity contribution in [2.75, 3.05) is 17.7 Å². The minimum absolute atomic E-state index is 0.0814. The Morgan fingerprint density at radius 1 is 1.08 bits per heavy atom. The van der Waals surface area contributed by atoms with Gasteiger partial charge in [-0.1, -0.05) is 19.4 Å². The van der Waals surface area contributed by atoms with E-state index >= 15 is 0 Å². The van der Waals surface area contributed by atoms with E-state index in [9.17, 15) is 14.4 Å². The first-order valence-corrected chi connectivity index (χ1v) is 15.2. The molecule has 0 bridgehead atoms. The number of allylic oxidation sites excluding steroid dienone is 1. The third kappa shape index (κ3) is 4.89. The lowest BCUT2D eigenvalue weighted by Gasteiger charge is -2.60. The quantitative estimate of drug-likeness (QED) is 0.385. The molecule has 0 heterocycles. The van der Waals surface area contributed by atoms with Gasteiger partial charge in [-0.2, -0.15) is 0 Å². The molecule has 37 heavy (non-hydrogen) atoms. The Bertz CT molecular complexity index is 1100. The van der Waals surface area contributed by atoms with Gasteiger partial charge in [-0.25, -0.2) is 4.79 Å². The molecule has 3 saturated carbocycles. The highest BCUT2D eigenvalue weighted by Gasteiger charge is 2.62. The van der Waals surface area contributed by atoms with Crippen LogP contribution in [0.5, 0.6) is 0 Å². The Hall–Kier alpha value is -1.79. The molecule has 5 rings (SSSR count). The maximum atomic E-state index is 12.6. The summed E-state index contributed by atoms with van der Waals surface area (Å²) in [5.74, 6) is 2.81. The first-order valence-electron chi connectivity index (χ1n) is 13.8. The largest absolute Gasteiger partial charge is 0.337 e. The number of benzene rings is 1. The summed E-state index contributed by atoms with van der Waals surface area (Å²) in [5, 5.41) is 5.94. The zero-order valence-electron chi connectivity index (χ0n) is 22.1. The highest BCUT2D eigenvalue weighted by atomic mass is 35.5. The number of alkyl halides is 1. The lowest BCUT2D eigenvalue weighted by Crippen LogP contribution is -2.55. The molecule has 0 unspecified atom stereocenters. The molecular formula is C30H39ClN2O3S. The van der Waals surface area contributed by atoms with Gasteiger partial charge < -0.3 is 10.6 Å². The Kier molecular flexibility index (Phi) is 7.54. The first-order chi connectivity index (χ1) is 17.7. The summed E-state index contributed by atoms with van der Waals surface area (Å²) in [6.07, 6.45) is 8.93. The monoisotopic (exact) mass is 542 g/mol. The number of ketones is 2. The van der Waals surface area contributed by atoms with E-state index in [2.05, 4.69) is 36.6 Å². The highest BCUT2D eigenvalue weighted by Crippen LogP contribution is 2.68. The van der Waals surface area contributed by atoms with Crippen molar-refractivity contribution in [3.63, 3.8) is 0 Å². The third-order valence-corrected chi connectivity index (χ3v) is 11.7. The van der Waals surface area contributed by atoms with Crippen LogP contribution in [-0.2, 0) is 9.59 Å². The molecule has 7 heteroatoms. The van der Waals surface area contributed by atoms with Crippen molar-refractivity contribution in [3.8, 4) is 0 Å². The number of anilines is 1. The Morgan fingerprint density at radius 2 is 1.84 bits per heavy atom. The average Bonchev–Trinajstić information content (AvgIpc) is 3.22. The summed E-state index contributed by atoms with van der Waals surface area (Å²) in [5.41, 5.74) is 2.27. The second kappa shape index (κ2) is 10.4. The van der Waals surface area contributed by atoms with E-state index in [4.69, 9.17) is 11.6 Å². The van der Waals surface area contributed by atoms with Gasteiger partial charge in [0.25, 0.3) is 0 Å². The van der Waals surface area contributed by atoms with Crippen LogP contribution in [0.1, 0.15) is 65.7 Å². The van der Waals surface area contributed by atoms with Crippen LogP contribution < -0.4 is 10.6 Å². The molecule has 0 radical (unpaired) electrons. The fraction of sp³-hybridized carbons (Fsp3) is 0.633. The van der Waals surface area contributed by atoms with Crippen LogP contribution in [0.2, 0.25) is 0 Å². The second-order valence-corrected chi connectivity index (χ2v) is 13.8. The molecule has 3 fully saturated rings. The second-order valence-electron chi connectivity index (χ2n) is 12.1. The van der Waals surface area contributed by atoms with E-state index in [1.165, 1.54) is 10.5 Å². The van der Waals surface area contributed by atoms with E-state index in [-0.39, 0.29) is 28.6 Å². The Balaban J connectivity index is 1.42. The number of rotatable bonds is 6. The fourth-order valence-corrected chi connectivity index (χ4v) is 9.95. The molecule has 0 aliphatic heterocycles. The summed E-state index contributed by atoms with van der Waals surface area (Å²) in [4.78, 5) is 38.3. The molecule has 7 atom stereocenters. The number of Topliss-reactive ketones (excluding diaryl/α,β-unsaturated/α-hetero) is 1. The number of nitrogens with one attached hydrogen (secondary N) is 2. The van der Waals surface area contributed by atoms with E-state index < -0.39 is 0 Å². The number of hydrogen-bond donors (Lipinski definition) is 2. The normalized spacial score (nSPS) is 36.6. The van der Waals surface area contributed by atoms with E-state index in [0.717, 1.165) is 44.2 Å². The predicted molar refractivity (Wildman–Crippen MR) is 150 cm³/mol. The highest BCUT2D eigenvalue weighted by molar-refractivity contribution is 8.00. The fourth-order valence-electron chi connectivity index (χ4n) is 8.42. The average molecular weight is 543 g/mol. The van der Waals surface area contributed by atoms with Crippen LogP contribution in [-0.4, -0.2) is 35.3 Å². The van der Waals surface area contributed by atoms with Gasteiger partial charge in [0, 0.05) is 40.6 Å². The van der Waals surface area contributed by atoms with Gasteiger partial charge in [-0.15, -0.1) is 23.4 Å². The zero-order chi connectivity index (χ0) is 26.4. The molecule has 0 saturated heterocycles. The van der Waals surface area contributed by atoms with E-state index in [1.54, 1.807) is 6.92 Å². The van der Waals surface area contributed by atoms with Crippen LogP contribution in [0.3, 0.4) is 0 Å². The van der Waals surface area contributed by atoms with Crippen LogP contribution in [0.15, 0.2) is 40.8 Å². The lowest BCUT2D eigenvalue weighted by molar-refractivity contribution is -0.128. The van der Waals surface area contributed by atoms with Crippen molar-refractivity contribution >= 4 is 46.6 Å². The molecule has 4 aliphatic carbocycles. The molecule has 1 aromatic rings. The van der Waals surface area contributed by atoms with Gasteiger partial charge in [-0.3, -0.25) is 9.59 Å². The maximum absolute atomic E-state index is 12.6. The van der Waals surface area contributed by atoms with E-state index in [0.29, 0.717) is 47.6 Å². The van der Waals surface area contributed by atoms with Gasteiger partial charge in [0.15, 0.2) is 5.78 Å². The minimum atomic E-state index is -0.257. The number of hydrogen-bond acceptors (Lipinski definition) is 4. The number of carbonyl (C=O) groups excluding carboxylic acids is 3. The first kappa shape index (κ1) is 26.8. The van der Waals surface area contributed by atoms with Gasteiger partial charge in [0.2, 0.25) is 0 Å². The third-order valence-electron chi connectivity index (χ3n) is 10.2. The number of fused-ring (bicyclic) bond motifs is 5. The van der Waals surface area contributed by atoms with Crippen molar-refractivity contribution in [2.45, 2.75) is 75.9 Å². The zero-order valence-corrected chi connectivity index (χ0v) is 23.7. The molecule has 1 aromatic carbocycles. The standard InChI is InChI=1S/C30H39ClN2O3S/c1-18(34)23-8-9-24-27-25(11-13-30(23,24)3)29(2)12-10-21(35)16-19(29)17-26(27)37-22-6-4-20(5-7-22)33-28(36)32-15-14-31/h4-7,16,23-27H,8-15,17H2,1-3H3,(H2,32,33,36)/t23-,24+,25+,26-,27+,29+,30-/m1/s1. The van der Waals surface area contributed by atoms with Gasteiger partial charge in [-0.05, 0) is 104 Å².